The van der Waals surface area contributed by atoms with Crippen LogP contribution in [0.2, 0.25) is 0 Å². The number of carboxylic acids is 1. The molecule has 0 unspecified atom stereocenters. The van der Waals surface area contributed by atoms with E-state index in [2.05, 4.69) is 5.16 Å². The third-order valence-corrected chi connectivity index (χ3v) is 2.58. The maximum absolute atomic E-state index is 10.1. The second-order valence-electron chi connectivity index (χ2n) is 2.67. The number of carboxylic acid groups (broad SMARTS) is 1. The molecule has 1 rings (SSSR count). The summed E-state index contributed by atoms with van der Waals surface area (Å²) in [6.45, 7) is 3.65. The monoisotopic (exact) mass is 200 g/mol. The zero-order valence-electron chi connectivity index (χ0n) is 7.49. The van der Waals surface area contributed by atoms with Crippen molar-refractivity contribution in [2.24, 2.45) is 0 Å². The van der Waals surface area contributed by atoms with E-state index < -0.39 is 5.97 Å². The maximum atomic E-state index is 10.1. The minimum absolute atomic E-state index is 0.00403. The van der Waals surface area contributed by atoms with Crippen molar-refractivity contribution in [3.05, 3.63) is 17.0 Å². The van der Waals surface area contributed by atoms with Crippen LogP contribution in [-0.2, 0) is 10.5 Å². The molecule has 0 spiro atoms. The molecule has 72 valence electrons. The van der Waals surface area contributed by atoms with Crippen LogP contribution in [0.25, 0.3) is 0 Å². The van der Waals surface area contributed by atoms with Crippen LogP contribution in [0.5, 0.6) is 0 Å². The van der Waals surface area contributed by atoms with Crippen LogP contribution in [0.1, 0.15) is 17.0 Å². The summed E-state index contributed by atoms with van der Waals surface area (Å²) in [4.78, 5) is 10.1. The van der Waals surface area contributed by atoms with Crippen molar-refractivity contribution in [2.45, 2.75) is 19.6 Å². The Morgan fingerprint density at radius 1 is 1.62 bits per heavy atom. The predicted octanol–water partition coefficient (Wildman–Crippen LogP) is 0.275. The number of thioether (sulfide) groups is 1. The number of aliphatic carboxylic acids is 1. The van der Waals surface area contributed by atoms with Crippen LogP contribution in [0.15, 0.2) is 4.52 Å². The predicted molar refractivity (Wildman–Crippen MR) is 47.1 cm³/mol. The zero-order chi connectivity index (χ0) is 9.84. The Balaban J connectivity index is 2.49. The summed E-state index contributed by atoms with van der Waals surface area (Å²) in [5.74, 6) is 0.319. The first-order chi connectivity index (χ1) is 6.11. The van der Waals surface area contributed by atoms with Gasteiger partial charge in [0.15, 0.2) is 0 Å². The molecule has 0 fully saturated rings. The van der Waals surface area contributed by atoms with Crippen molar-refractivity contribution in [1.29, 1.82) is 0 Å². The molecule has 0 aliphatic heterocycles. The Kier molecular flexibility index (Phi) is 3.36. The molecule has 0 aliphatic rings. The van der Waals surface area contributed by atoms with Gasteiger partial charge in [0.2, 0.25) is 0 Å². The Labute approximate surface area is 80.3 Å². The normalized spacial score (nSPS) is 10.3. The number of rotatable bonds is 4. The van der Waals surface area contributed by atoms with E-state index in [0.717, 1.165) is 17.0 Å². The fraction of sp³-hybridized carbons (Fsp3) is 0.500. The van der Waals surface area contributed by atoms with Gasteiger partial charge in [-0.3, -0.25) is 0 Å². The molecule has 0 saturated heterocycles. The SMILES string of the molecule is Cc1noc(C)c1CSCC(=O)[O-]. The fourth-order valence-corrected chi connectivity index (χ4v) is 1.83. The average molecular weight is 200 g/mol. The summed E-state index contributed by atoms with van der Waals surface area (Å²) in [6, 6.07) is 0. The van der Waals surface area contributed by atoms with Gasteiger partial charge < -0.3 is 14.4 Å². The maximum Gasteiger partial charge on any atom is 0.137 e. The number of hydrogen-bond donors (Lipinski definition) is 0. The molecule has 0 saturated carbocycles. The number of hydrogen-bond acceptors (Lipinski definition) is 5. The quantitative estimate of drug-likeness (QED) is 0.698. The van der Waals surface area contributed by atoms with Gasteiger partial charge in [0, 0.05) is 17.1 Å². The third-order valence-electron chi connectivity index (χ3n) is 1.65. The number of aromatic nitrogens is 1. The van der Waals surface area contributed by atoms with Gasteiger partial charge >= 0.3 is 0 Å². The lowest BCUT2D eigenvalue weighted by Crippen LogP contribution is -2.24. The van der Waals surface area contributed by atoms with Gasteiger partial charge in [0.05, 0.1) is 11.7 Å². The second kappa shape index (κ2) is 4.32. The number of nitrogens with zero attached hydrogens (tertiary/aromatic N) is 1. The Morgan fingerprint density at radius 3 is 2.77 bits per heavy atom. The topological polar surface area (TPSA) is 66.2 Å². The van der Waals surface area contributed by atoms with E-state index in [0.29, 0.717) is 5.75 Å². The molecule has 4 nitrogen and oxygen atoms in total. The number of carbonyl (C=O) groups excluding carboxylic acids is 1. The van der Waals surface area contributed by atoms with E-state index in [1.807, 2.05) is 13.8 Å². The highest BCUT2D eigenvalue weighted by Gasteiger charge is 2.07. The minimum atomic E-state index is -1.04. The zero-order valence-corrected chi connectivity index (χ0v) is 8.31. The number of carbonyl (C=O) groups is 1. The Morgan fingerprint density at radius 2 is 2.31 bits per heavy atom. The van der Waals surface area contributed by atoms with Gasteiger partial charge in [-0.25, -0.2) is 0 Å². The third kappa shape index (κ3) is 2.77. The molecule has 13 heavy (non-hydrogen) atoms. The van der Waals surface area contributed by atoms with E-state index in [1.54, 1.807) is 0 Å². The summed E-state index contributed by atoms with van der Waals surface area (Å²) in [5.41, 5.74) is 1.80. The van der Waals surface area contributed by atoms with Crippen molar-refractivity contribution in [1.82, 2.24) is 5.16 Å². The molecule has 0 radical (unpaired) electrons. The van der Waals surface area contributed by atoms with Crippen LogP contribution < -0.4 is 5.11 Å². The molecule has 0 atom stereocenters. The van der Waals surface area contributed by atoms with Crippen molar-refractivity contribution < 1.29 is 14.4 Å². The van der Waals surface area contributed by atoms with Crippen molar-refractivity contribution >= 4 is 17.7 Å². The van der Waals surface area contributed by atoms with Gasteiger partial charge in [-0.15, -0.1) is 0 Å². The molecule has 5 heteroatoms. The Hall–Kier alpha value is -0.970. The van der Waals surface area contributed by atoms with Crippen LogP contribution in [0.3, 0.4) is 0 Å². The van der Waals surface area contributed by atoms with E-state index in [9.17, 15) is 9.90 Å². The van der Waals surface area contributed by atoms with Gasteiger partial charge in [0.25, 0.3) is 0 Å². The largest absolute Gasteiger partial charge is 0.549 e. The fourth-order valence-electron chi connectivity index (χ4n) is 0.944. The van der Waals surface area contributed by atoms with Gasteiger partial charge in [-0.2, -0.15) is 11.8 Å². The molecule has 1 heterocycles. The summed E-state index contributed by atoms with van der Waals surface area (Å²) in [6.07, 6.45) is 0. The smallest absolute Gasteiger partial charge is 0.137 e. The van der Waals surface area contributed by atoms with Crippen LogP contribution in [-0.4, -0.2) is 16.9 Å². The second-order valence-corrected chi connectivity index (χ2v) is 3.65. The molecular weight excluding hydrogens is 190 g/mol. The minimum Gasteiger partial charge on any atom is -0.549 e. The first-order valence-electron chi connectivity index (χ1n) is 3.80. The van der Waals surface area contributed by atoms with Crippen LogP contribution in [0, 0.1) is 13.8 Å². The van der Waals surface area contributed by atoms with Crippen LogP contribution in [0.4, 0.5) is 0 Å². The Bertz CT molecular complexity index is 289. The average Bonchev–Trinajstić information content (AvgIpc) is 2.34. The summed E-state index contributed by atoms with van der Waals surface area (Å²) in [5, 5.41) is 13.9. The first-order valence-corrected chi connectivity index (χ1v) is 4.96. The highest BCUT2D eigenvalue weighted by Crippen LogP contribution is 2.18. The standard InChI is InChI=1S/C8H11NO3S/c1-5-7(6(2)12-9-5)3-13-4-8(10)11/h3-4H2,1-2H3,(H,10,11)/p-1. The molecular formula is C8H10NO3S-. The van der Waals surface area contributed by atoms with E-state index in [4.69, 9.17) is 4.52 Å². The van der Waals surface area contributed by atoms with Gasteiger partial charge in [-0.05, 0) is 13.8 Å². The van der Waals surface area contributed by atoms with Crippen molar-refractivity contribution in [2.75, 3.05) is 5.75 Å². The van der Waals surface area contributed by atoms with E-state index in [-0.39, 0.29) is 5.75 Å². The first kappa shape index (κ1) is 10.1. The summed E-state index contributed by atoms with van der Waals surface area (Å²) < 4.78 is 4.93. The lowest BCUT2D eigenvalue weighted by atomic mass is 10.2. The van der Waals surface area contributed by atoms with Gasteiger partial charge in [0.1, 0.15) is 5.76 Å². The van der Waals surface area contributed by atoms with Crippen LogP contribution >= 0.6 is 11.8 Å². The van der Waals surface area contributed by atoms with E-state index >= 15 is 0 Å². The molecule has 1 aromatic rings. The molecule has 0 aromatic carbocycles. The molecule has 0 bridgehead atoms. The van der Waals surface area contributed by atoms with E-state index in [1.165, 1.54) is 11.8 Å². The molecule has 0 aliphatic carbocycles. The van der Waals surface area contributed by atoms with Crippen molar-refractivity contribution in [3.63, 3.8) is 0 Å². The lowest BCUT2D eigenvalue weighted by molar-refractivity contribution is -0.301. The lowest BCUT2D eigenvalue weighted by Gasteiger charge is -2.01. The summed E-state index contributed by atoms with van der Waals surface area (Å²) >= 11 is 1.29. The molecule has 1 aromatic heterocycles. The highest BCUT2D eigenvalue weighted by molar-refractivity contribution is 7.99. The number of aryl methyl sites for hydroxylation is 2. The highest BCUT2D eigenvalue weighted by atomic mass is 32.2. The molecule has 0 amide bonds. The van der Waals surface area contributed by atoms with Crippen molar-refractivity contribution in [3.8, 4) is 0 Å². The summed E-state index contributed by atoms with van der Waals surface area (Å²) in [7, 11) is 0. The molecule has 0 N–H and O–H groups in total. The van der Waals surface area contributed by atoms with Gasteiger partial charge in [-0.1, -0.05) is 5.16 Å².